The second kappa shape index (κ2) is 9.47. The van der Waals surface area contributed by atoms with E-state index in [1.165, 1.54) is 18.2 Å². The smallest absolute Gasteiger partial charge is 0.407 e. The van der Waals surface area contributed by atoms with Crippen molar-refractivity contribution in [2.24, 2.45) is 0 Å². The normalized spacial score (nSPS) is 14.9. The molecule has 1 aliphatic rings. The highest BCUT2D eigenvalue weighted by Gasteiger charge is 2.21. The number of esters is 1. The summed E-state index contributed by atoms with van der Waals surface area (Å²) in [5, 5.41) is 3.00. The first-order valence-electron chi connectivity index (χ1n) is 10.4. The lowest BCUT2D eigenvalue weighted by Gasteiger charge is -2.26. The van der Waals surface area contributed by atoms with Crippen LogP contribution in [0.1, 0.15) is 33.5 Å². The molecule has 0 fully saturated rings. The van der Waals surface area contributed by atoms with E-state index in [1.807, 2.05) is 42.5 Å². The summed E-state index contributed by atoms with van der Waals surface area (Å²) in [5.74, 6) is -0.343. The summed E-state index contributed by atoms with van der Waals surface area (Å²) < 4.78 is 10.1. The number of rotatable bonds is 5. The van der Waals surface area contributed by atoms with Crippen molar-refractivity contribution in [2.45, 2.75) is 31.9 Å². The van der Waals surface area contributed by atoms with Crippen LogP contribution in [0, 0.1) is 0 Å². The zero-order valence-corrected chi connectivity index (χ0v) is 17.5. The number of hydrogen-bond donors (Lipinski definition) is 1. The molecule has 0 aliphatic heterocycles. The lowest BCUT2D eigenvalue weighted by Crippen LogP contribution is -2.39. The van der Waals surface area contributed by atoms with Crippen molar-refractivity contribution in [3.05, 3.63) is 95.1 Å². The molecule has 3 aromatic carbocycles. The second-order valence-corrected chi connectivity index (χ2v) is 7.70. The fourth-order valence-electron chi connectivity index (χ4n) is 3.91. The molecule has 5 heteroatoms. The van der Waals surface area contributed by atoms with E-state index in [1.54, 1.807) is 12.1 Å². The minimum atomic E-state index is -0.383. The van der Waals surface area contributed by atoms with Gasteiger partial charge in [-0.1, -0.05) is 60.7 Å². The van der Waals surface area contributed by atoms with E-state index in [9.17, 15) is 9.59 Å². The number of amides is 1. The molecule has 0 unspecified atom stereocenters. The highest BCUT2D eigenvalue weighted by Crippen LogP contribution is 2.28. The lowest BCUT2D eigenvalue weighted by atomic mass is 9.86. The van der Waals surface area contributed by atoms with Crippen molar-refractivity contribution in [1.29, 1.82) is 0 Å². The average Bonchev–Trinajstić information content (AvgIpc) is 2.82. The van der Waals surface area contributed by atoms with Crippen LogP contribution in [0.5, 0.6) is 0 Å². The summed E-state index contributed by atoms with van der Waals surface area (Å²) in [6.45, 7) is 0.266. The van der Waals surface area contributed by atoms with Crippen molar-refractivity contribution in [2.75, 3.05) is 7.11 Å². The molecule has 0 bridgehead atoms. The largest absolute Gasteiger partial charge is 0.465 e. The monoisotopic (exact) mass is 415 g/mol. The molecular formula is C26H25NO4. The van der Waals surface area contributed by atoms with E-state index in [-0.39, 0.29) is 24.7 Å². The predicted molar refractivity (Wildman–Crippen MR) is 119 cm³/mol. The van der Waals surface area contributed by atoms with E-state index in [0.717, 1.165) is 36.0 Å². The molecule has 0 aromatic heterocycles. The maximum Gasteiger partial charge on any atom is 0.407 e. The summed E-state index contributed by atoms with van der Waals surface area (Å²) in [6, 6.07) is 23.5. The van der Waals surface area contributed by atoms with Crippen molar-refractivity contribution < 1.29 is 19.1 Å². The Hall–Kier alpha value is -3.60. The van der Waals surface area contributed by atoms with Gasteiger partial charge in [-0.25, -0.2) is 9.59 Å². The molecule has 4 rings (SSSR count). The Balaban J connectivity index is 1.39. The SMILES string of the molecule is COC(=O)c1ccc(-c2ccc3c(c2)C[C@@H](NC(=O)OCc2ccccc2)CC3)cc1. The quantitative estimate of drug-likeness (QED) is 0.601. The molecule has 1 amide bonds. The summed E-state index contributed by atoms with van der Waals surface area (Å²) in [4.78, 5) is 23.9. The van der Waals surface area contributed by atoms with E-state index in [2.05, 4.69) is 23.5 Å². The van der Waals surface area contributed by atoms with Crippen molar-refractivity contribution in [1.82, 2.24) is 5.32 Å². The maximum atomic E-state index is 12.2. The highest BCUT2D eigenvalue weighted by molar-refractivity contribution is 5.90. The molecule has 31 heavy (non-hydrogen) atoms. The Kier molecular flexibility index (Phi) is 6.32. The molecular weight excluding hydrogens is 390 g/mol. The van der Waals surface area contributed by atoms with Gasteiger partial charge in [0, 0.05) is 6.04 Å². The first-order valence-corrected chi connectivity index (χ1v) is 10.4. The zero-order chi connectivity index (χ0) is 21.6. The van der Waals surface area contributed by atoms with Crippen LogP contribution in [0.4, 0.5) is 4.79 Å². The van der Waals surface area contributed by atoms with Gasteiger partial charge < -0.3 is 14.8 Å². The van der Waals surface area contributed by atoms with Crippen molar-refractivity contribution >= 4 is 12.1 Å². The van der Waals surface area contributed by atoms with E-state index < -0.39 is 0 Å². The number of nitrogens with one attached hydrogen (secondary N) is 1. The van der Waals surface area contributed by atoms with Crippen LogP contribution in [-0.4, -0.2) is 25.2 Å². The number of carbonyl (C=O) groups is 2. The molecule has 5 nitrogen and oxygen atoms in total. The number of aryl methyl sites for hydroxylation is 1. The molecule has 1 atom stereocenters. The Bertz CT molecular complexity index is 1060. The fraction of sp³-hybridized carbons (Fsp3) is 0.231. The molecule has 158 valence electrons. The third-order valence-electron chi connectivity index (χ3n) is 5.61. The van der Waals surface area contributed by atoms with Gasteiger partial charge in [-0.15, -0.1) is 0 Å². The number of alkyl carbamates (subject to hydrolysis) is 1. The third kappa shape index (κ3) is 5.12. The number of fused-ring (bicyclic) bond motifs is 1. The molecule has 1 aliphatic carbocycles. The van der Waals surface area contributed by atoms with Gasteiger partial charge in [0.25, 0.3) is 0 Å². The molecule has 0 spiro atoms. The number of methoxy groups -OCH3 is 1. The minimum absolute atomic E-state index is 0.0488. The number of ether oxygens (including phenoxy) is 2. The molecule has 0 heterocycles. The molecule has 0 saturated carbocycles. The zero-order valence-electron chi connectivity index (χ0n) is 17.5. The van der Waals surface area contributed by atoms with Gasteiger partial charge in [0.2, 0.25) is 0 Å². The van der Waals surface area contributed by atoms with Gasteiger partial charge in [0.15, 0.2) is 0 Å². The van der Waals surface area contributed by atoms with Crippen LogP contribution >= 0.6 is 0 Å². The third-order valence-corrected chi connectivity index (χ3v) is 5.61. The van der Waals surface area contributed by atoms with Crippen LogP contribution < -0.4 is 5.32 Å². The first-order chi connectivity index (χ1) is 15.1. The van der Waals surface area contributed by atoms with Crippen LogP contribution in [0.15, 0.2) is 72.8 Å². The van der Waals surface area contributed by atoms with Gasteiger partial charge in [-0.05, 0) is 59.2 Å². The van der Waals surface area contributed by atoms with Gasteiger partial charge in [-0.3, -0.25) is 0 Å². The maximum absolute atomic E-state index is 12.2. The summed E-state index contributed by atoms with van der Waals surface area (Å²) >= 11 is 0. The topological polar surface area (TPSA) is 64.6 Å². The van der Waals surface area contributed by atoms with Gasteiger partial charge in [0.1, 0.15) is 6.61 Å². The Labute approximate surface area is 182 Å². The Morgan fingerprint density at radius 2 is 1.68 bits per heavy atom. The van der Waals surface area contributed by atoms with E-state index in [0.29, 0.717) is 5.56 Å². The van der Waals surface area contributed by atoms with Gasteiger partial charge >= 0.3 is 12.1 Å². The van der Waals surface area contributed by atoms with E-state index in [4.69, 9.17) is 9.47 Å². The number of carbonyl (C=O) groups excluding carboxylic acids is 2. The van der Waals surface area contributed by atoms with Crippen LogP contribution in [0.25, 0.3) is 11.1 Å². The minimum Gasteiger partial charge on any atom is -0.465 e. The van der Waals surface area contributed by atoms with Crippen LogP contribution in [0.3, 0.4) is 0 Å². The van der Waals surface area contributed by atoms with Crippen LogP contribution in [-0.2, 0) is 28.9 Å². The number of hydrogen-bond acceptors (Lipinski definition) is 4. The van der Waals surface area contributed by atoms with Crippen molar-refractivity contribution in [3.63, 3.8) is 0 Å². The lowest BCUT2D eigenvalue weighted by molar-refractivity contribution is 0.0600. The van der Waals surface area contributed by atoms with Crippen molar-refractivity contribution in [3.8, 4) is 11.1 Å². The highest BCUT2D eigenvalue weighted by atomic mass is 16.5. The van der Waals surface area contributed by atoms with Gasteiger partial charge in [0.05, 0.1) is 12.7 Å². The molecule has 0 saturated heterocycles. The van der Waals surface area contributed by atoms with Crippen LogP contribution in [0.2, 0.25) is 0 Å². The number of benzene rings is 3. The summed E-state index contributed by atoms with van der Waals surface area (Å²) in [7, 11) is 1.38. The molecule has 0 radical (unpaired) electrons. The fourth-order valence-corrected chi connectivity index (χ4v) is 3.91. The Morgan fingerprint density at radius 1 is 0.935 bits per heavy atom. The standard InChI is InChI=1S/C26H25NO4/c1-30-25(28)21-10-7-19(8-11-21)22-12-9-20-13-14-24(16-23(20)15-22)27-26(29)31-17-18-5-3-2-4-6-18/h2-12,15,24H,13-14,16-17H2,1H3,(H,27,29)/t24-/m0/s1. The second-order valence-electron chi connectivity index (χ2n) is 7.70. The summed E-state index contributed by atoms with van der Waals surface area (Å²) in [5.41, 5.74) is 6.16. The molecule has 3 aromatic rings. The predicted octanol–water partition coefficient (Wildman–Crippen LogP) is 4.92. The van der Waals surface area contributed by atoms with E-state index >= 15 is 0 Å². The Morgan fingerprint density at radius 3 is 2.42 bits per heavy atom. The molecule has 1 N–H and O–H groups in total. The first kappa shape index (κ1) is 20.7. The average molecular weight is 415 g/mol. The summed E-state index contributed by atoms with van der Waals surface area (Å²) in [6.07, 6.45) is 2.19. The van der Waals surface area contributed by atoms with Gasteiger partial charge in [-0.2, -0.15) is 0 Å².